The predicted octanol–water partition coefficient (Wildman–Crippen LogP) is 0.573. The van der Waals surface area contributed by atoms with Crippen LogP contribution in [0.3, 0.4) is 0 Å². The van der Waals surface area contributed by atoms with Crippen LogP contribution in [-0.2, 0) is 18.4 Å². The number of aliphatic carboxylic acids is 1. The van der Waals surface area contributed by atoms with Crippen molar-refractivity contribution in [3.05, 3.63) is 18.2 Å². The van der Waals surface area contributed by atoms with Crippen molar-refractivity contribution in [2.75, 3.05) is 13.1 Å². The van der Waals surface area contributed by atoms with Crippen LogP contribution < -0.4 is 0 Å². The molecule has 1 atom stereocenters. The highest BCUT2D eigenvalue weighted by Gasteiger charge is 2.34. The van der Waals surface area contributed by atoms with Crippen molar-refractivity contribution in [2.24, 2.45) is 18.9 Å². The summed E-state index contributed by atoms with van der Waals surface area (Å²) in [6, 6.07) is 0. The quantitative estimate of drug-likeness (QED) is 0.811. The van der Waals surface area contributed by atoms with Gasteiger partial charge in [-0.2, -0.15) is 0 Å². The third-order valence-electron chi connectivity index (χ3n) is 3.38. The number of imidazole rings is 1. The molecule has 2 rings (SSSR count). The van der Waals surface area contributed by atoms with E-state index in [-0.39, 0.29) is 5.92 Å². The lowest BCUT2D eigenvalue weighted by molar-refractivity contribution is -0.145. The van der Waals surface area contributed by atoms with Gasteiger partial charge in [-0.1, -0.05) is 6.92 Å². The molecule has 1 aromatic heterocycles. The molecular formula is C11H17N3O2. The molecule has 1 unspecified atom stereocenters. The van der Waals surface area contributed by atoms with Crippen LogP contribution in [-0.4, -0.2) is 38.6 Å². The first-order chi connectivity index (χ1) is 7.58. The predicted molar refractivity (Wildman–Crippen MR) is 58.8 cm³/mol. The molecular weight excluding hydrogens is 206 g/mol. The minimum absolute atomic E-state index is 0.234. The van der Waals surface area contributed by atoms with E-state index < -0.39 is 5.97 Å². The number of aromatic nitrogens is 2. The lowest BCUT2D eigenvalue weighted by Gasteiger charge is -2.41. The van der Waals surface area contributed by atoms with Gasteiger partial charge in [0.25, 0.3) is 0 Å². The third-order valence-corrected chi connectivity index (χ3v) is 3.38. The zero-order valence-corrected chi connectivity index (χ0v) is 9.63. The number of carbonyl (C=O) groups is 1. The van der Waals surface area contributed by atoms with Gasteiger partial charge < -0.3 is 9.67 Å². The lowest BCUT2D eigenvalue weighted by atomic mass is 9.87. The molecule has 5 heteroatoms. The second-order valence-corrected chi connectivity index (χ2v) is 4.58. The van der Waals surface area contributed by atoms with Crippen molar-refractivity contribution >= 4 is 5.97 Å². The van der Waals surface area contributed by atoms with Crippen LogP contribution >= 0.6 is 0 Å². The van der Waals surface area contributed by atoms with Gasteiger partial charge in [0, 0.05) is 32.9 Å². The van der Waals surface area contributed by atoms with Gasteiger partial charge in [-0.25, -0.2) is 4.98 Å². The fourth-order valence-corrected chi connectivity index (χ4v) is 2.02. The molecule has 5 nitrogen and oxygen atoms in total. The van der Waals surface area contributed by atoms with E-state index in [0.29, 0.717) is 5.92 Å². The molecule has 88 valence electrons. The maximum absolute atomic E-state index is 10.8. The standard InChI is InChI=1S/C11H17N3O2/c1-8(11(15)16)9-4-14(5-9)6-10-3-12-7-13(10)2/h3,7-9H,4-6H2,1-2H3,(H,15,16). The Kier molecular flexibility index (Phi) is 2.96. The fraction of sp³-hybridized carbons (Fsp3) is 0.636. The SMILES string of the molecule is CC(C(=O)O)C1CN(Cc2cncn2C)C1. The molecule has 16 heavy (non-hydrogen) atoms. The highest BCUT2D eigenvalue weighted by molar-refractivity contribution is 5.70. The molecule has 1 aliphatic rings. The molecule has 0 spiro atoms. The van der Waals surface area contributed by atoms with Crippen molar-refractivity contribution < 1.29 is 9.90 Å². The van der Waals surface area contributed by atoms with Crippen molar-refractivity contribution in [3.63, 3.8) is 0 Å². The van der Waals surface area contributed by atoms with Crippen LogP contribution in [0, 0.1) is 11.8 Å². The summed E-state index contributed by atoms with van der Waals surface area (Å²) in [6.07, 6.45) is 3.64. The molecule has 0 aromatic carbocycles. The Morgan fingerprint density at radius 3 is 2.88 bits per heavy atom. The van der Waals surface area contributed by atoms with Crippen molar-refractivity contribution in [2.45, 2.75) is 13.5 Å². The van der Waals surface area contributed by atoms with E-state index >= 15 is 0 Å². The van der Waals surface area contributed by atoms with Crippen molar-refractivity contribution in [1.82, 2.24) is 14.5 Å². The number of hydrogen-bond donors (Lipinski definition) is 1. The van der Waals surface area contributed by atoms with Gasteiger partial charge in [-0.15, -0.1) is 0 Å². The van der Waals surface area contributed by atoms with Crippen LogP contribution in [0.1, 0.15) is 12.6 Å². The van der Waals surface area contributed by atoms with E-state index in [2.05, 4.69) is 9.88 Å². The highest BCUT2D eigenvalue weighted by Crippen LogP contribution is 2.25. The Morgan fingerprint density at radius 1 is 1.69 bits per heavy atom. The largest absolute Gasteiger partial charge is 0.481 e. The fourth-order valence-electron chi connectivity index (χ4n) is 2.02. The van der Waals surface area contributed by atoms with E-state index in [0.717, 1.165) is 19.6 Å². The van der Waals surface area contributed by atoms with Crippen LogP contribution in [0.15, 0.2) is 12.5 Å². The first kappa shape index (κ1) is 11.1. The Hall–Kier alpha value is -1.36. The molecule has 0 radical (unpaired) electrons. The van der Waals surface area contributed by atoms with Crippen LogP contribution in [0.5, 0.6) is 0 Å². The molecule has 0 bridgehead atoms. The van der Waals surface area contributed by atoms with E-state index in [4.69, 9.17) is 5.11 Å². The van der Waals surface area contributed by atoms with Gasteiger partial charge in [0.05, 0.1) is 17.9 Å². The minimum atomic E-state index is -0.690. The average molecular weight is 223 g/mol. The van der Waals surface area contributed by atoms with E-state index in [1.165, 1.54) is 5.69 Å². The molecule has 1 fully saturated rings. The van der Waals surface area contributed by atoms with Gasteiger partial charge >= 0.3 is 5.97 Å². The van der Waals surface area contributed by atoms with Gasteiger partial charge in [0.15, 0.2) is 0 Å². The van der Waals surface area contributed by atoms with E-state index in [9.17, 15) is 4.79 Å². The number of likely N-dealkylation sites (tertiary alicyclic amines) is 1. The van der Waals surface area contributed by atoms with Gasteiger partial charge in [0.2, 0.25) is 0 Å². The first-order valence-corrected chi connectivity index (χ1v) is 5.48. The smallest absolute Gasteiger partial charge is 0.306 e. The number of rotatable bonds is 4. The maximum Gasteiger partial charge on any atom is 0.306 e. The van der Waals surface area contributed by atoms with E-state index in [1.54, 1.807) is 13.3 Å². The van der Waals surface area contributed by atoms with Crippen LogP contribution in [0.4, 0.5) is 0 Å². The second-order valence-electron chi connectivity index (χ2n) is 4.58. The number of carboxylic acid groups (broad SMARTS) is 1. The lowest BCUT2D eigenvalue weighted by Crippen LogP contribution is -2.50. The van der Waals surface area contributed by atoms with Crippen LogP contribution in [0.25, 0.3) is 0 Å². The van der Waals surface area contributed by atoms with E-state index in [1.807, 2.05) is 17.8 Å². The molecule has 0 saturated carbocycles. The molecule has 2 heterocycles. The topological polar surface area (TPSA) is 58.4 Å². The Balaban J connectivity index is 1.81. The highest BCUT2D eigenvalue weighted by atomic mass is 16.4. The number of hydrogen-bond acceptors (Lipinski definition) is 3. The summed E-state index contributed by atoms with van der Waals surface area (Å²) in [5.41, 5.74) is 1.17. The number of aryl methyl sites for hydroxylation is 1. The first-order valence-electron chi connectivity index (χ1n) is 5.48. The summed E-state index contributed by atoms with van der Waals surface area (Å²) >= 11 is 0. The Labute approximate surface area is 94.7 Å². The molecule has 1 saturated heterocycles. The zero-order valence-electron chi connectivity index (χ0n) is 9.63. The summed E-state index contributed by atoms with van der Waals surface area (Å²) in [6.45, 7) is 4.39. The summed E-state index contributed by atoms with van der Waals surface area (Å²) < 4.78 is 1.99. The zero-order chi connectivity index (χ0) is 11.7. The third kappa shape index (κ3) is 2.09. The van der Waals surface area contributed by atoms with Crippen LogP contribution in [0.2, 0.25) is 0 Å². The average Bonchev–Trinajstić information content (AvgIpc) is 2.56. The number of nitrogens with zero attached hydrogens (tertiary/aromatic N) is 3. The summed E-state index contributed by atoms with van der Waals surface area (Å²) in [5, 5.41) is 8.87. The van der Waals surface area contributed by atoms with Crippen molar-refractivity contribution in [1.29, 1.82) is 0 Å². The van der Waals surface area contributed by atoms with Gasteiger partial charge in [0.1, 0.15) is 0 Å². The van der Waals surface area contributed by atoms with Crippen molar-refractivity contribution in [3.8, 4) is 0 Å². The molecule has 1 aromatic rings. The molecule has 0 amide bonds. The minimum Gasteiger partial charge on any atom is -0.481 e. The molecule has 0 aliphatic carbocycles. The maximum atomic E-state index is 10.8. The second kappa shape index (κ2) is 4.25. The Bertz CT molecular complexity index is 382. The van der Waals surface area contributed by atoms with Gasteiger partial charge in [-0.05, 0) is 5.92 Å². The Morgan fingerprint density at radius 2 is 2.38 bits per heavy atom. The number of carboxylic acids is 1. The molecule has 1 aliphatic heterocycles. The molecule has 1 N–H and O–H groups in total. The normalized spacial score (nSPS) is 19.4. The summed E-state index contributed by atoms with van der Waals surface area (Å²) in [5.74, 6) is -0.626. The summed E-state index contributed by atoms with van der Waals surface area (Å²) in [4.78, 5) is 17.1. The monoisotopic (exact) mass is 223 g/mol. The summed E-state index contributed by atoms with van der Waals surface area (Å²) in [7, 11) is 1.97. The van der Waals surface area contributed by atoms with Gasteiger partial charge in [-0.3, -0.25) is 9.69 Å².